The normalized spacial score (nSPS) is 24.9. The van der Waals surface area contributed by atoms with Crippen molar-refractivity contribution in [3.05, 3.63) is 217 Å². The fraction of sp³-hybridized carbons (Fsp3) is 0.356. The number of aliphatic hydroxyl groups is 2. The Hall–Kier alpha value is -5.16. The van der Waals surface area contributed by atoms with Gasteiger partial charge >= 0.3 is 0 Å². The van der Waals surface area contributed by atoms with Crippen molar-refractivity contribution in [2.75, 3.05) is 19.8 Å². The number of ether oxygens (including phenoxy) is 8. The third kappa shape index (κ3) is 13.1. The van der Waals surface area contributed by atoms with Gasteiger partial charge in [0.25, 0.3) is 8.32 Å². The zero-order valence-electron chi connectivity index (χ0n) is 40.9. The first kappa shape index (κ1) is 52.2. The molecule has 0 amide bonds. The molecule has 8 rings (SSSR count). The summed E-state index contributed by atoms with van der Waals surface area (Å²) in [7, 11) is -3.18. The van der Waals surface area contributed by atoms with Crippen LogP contribution in [0.3, 0.4) is 0 Å². The minimum absolute atomic E-state index is 0.0325. The van der Waals surface area contributed by atoms with Crippen LogP contribution in [0.5, 0.6) is 0 Å². The molecule has 0 saturated carbocycles. The van der Waals surface area contributed by atoms with Gasteiger partial charge in [0.1, 0.15) is 48.8 Å². The molecule has 1 unspecified atom stereocenters. The second kappa shape index (κ2) is 25.5. The Morgan fingerprint density at radius 1 is 0.493 bits per heavy atom. The lowest BCUT2D eigenvalue weighted by atomic mass is 9.96. The molecule has 2 heterocycles. The van der Waals surface area contributed by atoms with E-state index in [2.05, 4.69) is 75.9 Å². The number of hydrogen-bond acceptors (Lipinski definition) is 11. The summed E-state index contributed by atoms with van der Waals surface area (Å²) >= 11 is 0. The Bertz CT molecular complexity index is 2410. The molecule has 6 aromatic carbocycles. The van der Waals surface area contributed by atoms with E-state index in [0.717, 1.165) is 32.6 Å². The van der Waals surface area contributed by atoms with Crippen molar-refractivity contribution in [2.45, 2.75) is 114 Å². The highest BCUT2D eigenvalue weighted by molar-refractivity contribution is 6.99. The highest BCUT2D eigenvalue weighted by atomic mass is 28.4. The first-order valence-corrected chi connectivity index (χ1v) is 26.4. The molecule has 0 aromatic heterocycles. The number of rotatable bonds is 23. The number of hydrogen-bond donors (Lipinski definition) is 2. The molecule has 2 fully saturated rings. The zero-order valence-corrected chi connectivity index (χ0v) is 41.9. The molecular weight excluding hydrogens is 913 g/mol. The van der Waals surface area contributed by atoms with Gasteiger partial charge in [0, 0.05) is 0 Å². The van der Waals surface area contributed by atoms with Crippen LogP contribution in [0.25, 0.3) is 0 Å². The van der Waals surface area contributed by atoms with E-state index in [1.807, 2.05) is 133 Å². The summed E-state index contributed by atoms with van der Waals surface area (Å²) in [6.45, 7) is 11.0. The van der Waals surface area contributed by atoms with Crippen LogP contribution in [0, 0.1) is 0 Å². The fourth-order valence-corrected chi connectivity index (χ4v) is 14.1. The van der Waals surface area contributed by atoms with Gasteiger partial charge in [-0.2, -0.15) is 0 Å². The van der Waals surface area contributed by atoms with Gasteiger partial charge < -0.3 is 52.5 Å². The standard InChI is InChI=1S/C59H68O11Si/c1-5-36-62-57-56(66-41-46-30-18-9-19-31-46)54(64-39-44-26-14-7-15-27-44)52(50(69-57)42-67-71(59(2,3)4,47-32-20-10-21-33-47)48-34-22-11-23-35-48)70-58-55(65-40-45-28-16-8-17-29-45)53(51(61)49(37-60)68-58)63-38-43-24-12-6-13-25-43/h5-35,49-58,60-61H,1,36-42H2,2-4H3/t49-,50-,51-,52-,53+,54+,55-,56-,57?,58-/m1/s1. The van der Waals surface area contributed by atoms with Gasteiger partial charge in [-0.25, -0.2) is 0 Å². The molecule has 11 nitrogen and oxygen atoms in total. The van der Waals surface area contributed by atoms with Gasteiger partial charge in [0.2, 0.25) is 0 Å². The molecule has 0 radical (unpaired) electrons. The van der Waals surface area contributed by atoms with Gasteiger partial charge in [-0.05, 0) is 37.7 Å². The summed E-state index contributed by atoms with van der Waals surface area (Å²) in [5.41, 5.74) is 3.66. The third-order valence-corrected chi connectivity index (χ3v) is 18.1. The van der Waals surface area contributed by atoms with E-state index >= 15 is 0 Å². The van der Waals surface area contributed by atoms with Crippen molar-refractivity contribution in [1.29, 1.82) is 0 Å². The molecule has 0 aliphatic carbocycles. The summed E-state index contributed by atoms with van der Waals surface area (Å²) in [4.78, 5) is 0. The second-order valence-corrected chi connectivity index (χ2v) is 23.3. The highest BCUT2D eigenvalue weighted by Crippen LogP contribution is 2.40. The van der Waals surface area contributed by atoms with Crippen LogP contribution >= 0.6 is 0 Å². The minimum Gasteiger partial charge on any atom is -0.405 e. The average molecular weight is 981 g/mol. The Morgan fingerprint density at radius 3 is 1.28 bits per heavy atom. The van der Waals surface area contributed by atoms with Crippen molar-refractivity contribution < 1.29 is 52.5 Å². The van der Waals surface area contributed by atoms with Crippen LogP contribution in [-0.4, -0.2) is 99.8 Å². The molecule has 2 N–H and O–H groups in total. The summed E-state index contributed by atoms with van der Waals surface area (Å²) in [6.07, 6.45) is -8.62. The van der Waals surface area contributed by atoms with Crippen LogP contribution in [0.15, 0.2) is 195 Å². The van der Waals surface area contributed by atoms with Crippen molar-refractivity contribution >= 4 is 18.7 Å². The van der Waals surface area contributed by atoms with Crippen LogP contribution in [0.2, 0.25) is 5.04 Å². The lowest BCUT2D eigenvalue weighted by Gasteiger charge is -2.50. The molecule has 374 valence electrons. The summed E-state index contributed by atoms with van der Waals surface area (Å²) in [5.74, 6) is 0. The Morgan fingerprint density at radius 2 is 0.873 bits per heavy atom. The van der Waals surface area contributed by atoms with Gasteiger partial charge in [0.05, 0.1) is 46.2 Å². The summed E-state index contributed by atoms with van der Waals surface area (Å²) < 4.78 is 62.7. The molecule has 2 aliphatic heterocycles. The minimum atomic E-state index is -3.18. The number of benzene rings is 6. The van der Waals surface area contributed by atoms with E-state index in [9.17, 15) is 10.2 Å². The zero-order chi connectivity index (χ0) is 49.5. The Labute approximate surface area is 420 Å². The van der Waals surface area contributed by atoms with E-state index < -0.39 is 76.3 Å². The number of aliphatic hydroxyl groups excluding tert-OH is 2. The predicted molar refractivity (Wildman–Crippen MR) is 275 cm³/mol. The first-order chi connectivity index (χ1) is 34.7. The maximum Gasteiger partial charge on any atom is 0.261 e. The average Bonchev–Trinajstić information content (AvgIpc) is 3.40. The van der Waals surface area contributed by atoms with E-state index in [-0.39, 0.29) is 44.7 Å². The van der Waals surface area contributed by atoms with E-state index in [1.54, 1.807) is 6.08 Å². The lowest BCUT2D eigenvalue weighted by Crippen LogP contribution is -2.69. The smallest absolute Gasteiger partial charge is 0.261 e. The van der Waals surface area contributed by atoms with Crippen LogP contribution in [-0.2, 0) is 68.7 Å². The van der Waals surface area contributed by atoms with Crippen molar-refractivity contribution in [3.63, 3.8) is 0 Å². The summed E-state index contributed by atoms with van der Waals surface area (Å²) in [6, 6.07) is 60.1. The highest BCUT2D eigenvalue weighted by Gasteiger charge is 2.56. The third-order valence-electron chi connectivity index (χ3n) is 13.1. The van der Waals surface area contributed by atoms with Gasteiger partial charge in [-0.3, -0.25) is 0 Å². The predicted octanol–water partition coefficient (Wildman–Crippen LogP) is 8.30. The molecule has 0 spiro atoms. The maximum atomic E-state index is 12.0. The van der Waals surface area contributed by atoms with Crippen molar-refractivity contribution in [3.8, 4) is 0 Å². The van der Waals surface area contributed by atoms with Gasteiger partial charge in [0.15, 0.2) is 12.6 Å². The fourth-order valence-electron chi connectivity index (χ4n) is 9.55. The SMILES string of the molecule is C=CCOC1O[C@H](CO[Si](c2ccccc2)(c2ccccc2)C(C)(C)C)[C@@H](O[C@H]2O[C@H](CO)[C@@H](O)[C@H](OCc3ccccc3)[C@H]2OCc2ccccc2)[C@H](OCc2ccccc2)[C@H]1OCc1ccccc1. The van der Waals surface area contributed by atoms with Crippen LogP contribution in [0.4, 0.5) is 0 Å². The molecule has 12 heteroatoms. The maximum absolute atomic E-state index is 12.0. The first-order valence-electron chi connectivity index (χ1n) is 24.5. The quantitative estimate of drug-likeness (QED) is 0.0477. The van der Waals surface area contributed by atoms with Crippen molar-refractivity contribution in [2.24, 2.45) is 0 Å². The second-order valence-electron chi connectivity index (χ2n) is 19.0. The molecule has 2 saturated heterocycles. The van der Waals surface area contributed by atoms with Crippen molar-refractivity contribution in [1.82, 2.24) is 0 Å². The van der Waals surface area contributed by atoms with Crippen LogP contribution in [0.1, 0.15) is 43.0 Å². The van der Waals surface area contributed by atoms with Crippen LogP contribution < -0.4 is 10.4 Å². The molecular formula is C59H68O11Si. The van der Waals surface area contributed by atoms with Gasteiger partial charge in [-0.1, -0.05) is 209 Å². The molecule has 2 aliphatic rings. The van der Waals surface area contributed by atoms with E-state index in [0.29, 0.717) is 0 Å². The van der Waals surface area contributed by atoms with Gasteiger partial charge in [-0.15, -0.1) is 6.58 Å². The van der Waals surface area contributed by atoms with E-state index in [1.165, 1.54) is 0 Å². The molecule has 0 bridgehead atoms. The summed E-state index contributed by atoms with van der Waals surface area (Å²) in [5, 5.41) is 24.6. The van der Waals surface area contributed by atoms with E-state index in [4.69, 9.17) is 42.3 Å². The molecule has 10 atom stereocenters. The largest absolute Gasteiger partial charge is 0.405 e. The lowest BCUT2D eigenvalue weighted by molar-refractivity contribution is -0.373. The Kier molecular flexibility index (Phi) is 18.7. The monoisotopic (exact) mass is 980 g/mol. The Balaban J connectivity index is 1.24. The topological polar surface area (TPSA) is 124 Å². The molecule has 71 heavy (non-hydrogen) atoms. The molecule has 6 aromatic rings.